The molecule has 1 aromatic carbocycles. The lowest BCUT2D eigenvalue weighted by molar-refractivity contribution is 0.295. The van der Waals surface area contributed by atoms with Crippen LogP contribution in [0, 0.1) is 12.8 Å². The molecular weight excluding hydrogens is 258 g/mol. The summed E-state index contributed by atoms with van der Waals surface area (Å²) in [7, 11) is 0. The van der Waals surface area contributed by atoms with E-state index in [1.54, 1.807) is 0 Å². The summed E-state index contributed by atoms with van der Waals surface area (Å²) in [5.74, 6) is 1.66. The number of nitrogens with one attached hydrogen (secondary N) is 1. The summed E-state index contributed by atoms with van der Waals surface area (Å²) in [5, 5.41) is 4.27. The number of piperidine rings is 1. The van der Waals surface area contributed by atoms with E-state index < -0.39 is 0 Å². The number of hydrogen-bond acceptors (Lipinski definition) is 2. The van der Waals surface area contributed by atoms with Gasteiger partial charge in [-0.1, -0.05) is 17.7 Å². The van der Waals surface area contributed by atoms with Crippen LogP contribution in [-0.2, 0) is 6.42 Å². The highest BCUT2D eigenvalue weighted by Gasteiger charge is 2.26. The molecule has 19 heavy (non-hydrogen) atoms. The van der Waals surface area contributed by atoms with Gasteiger partial charge in [-0.3, -0.25) is 0 Å². The SMILES string of the molecule is Cc1cc(Cl)c(OC2CC2)c(CC2CCCNC2)c1. The molecule has 1 heterocycles. The van der Waals surface area contributed by atoms with Gasteiger partial charge in [-0.2, -0.15) is 0 Å². The van der Waals surface area contributed by atoms with Crippen LogP contribution >= 0.6 is 11.6 Å². The second-order valence-electron chi connectivity index (χ2n) is 5.97. The normalized spacial score (nSPS) is 23.4. The molecule has 0 spiro atoms. The van der Waals surface area contributed by atoms with Gasteiger partial charge in [0.05, 0.1) is 11.1 Å². The molecule has 1 aromatic rings. The minimum absolute atomic E-state index is 0.406. The Kier molecular flexibility index (Phi) is 3.99. The summed E-state index contributed by atoms with van der Waals surface area (Å²) >= 11 is 6.38. The predicted octanol–water partition coefficient (Wildman–Crippen LogP) is 3.73. The third kappa shape index (κ3) is 3.43. The third-order valence-corrected chi connectivity index (χ3v) is 4.26. The number of aryl methyl sites for hydroxylation is 1. The van der Waals surface area contributed by atoms with Gasteiger partial charge in [0.1, 0.15) is 5.75 Å². The second kappa shape index (κ2) is 5.72. The Morgan fingerprint density at radius 1 is 1.32 bits per heavy atom. The first-order valence-electron chi connectivity index (χ1n) is 7.39. The first-order valence-corrected chi connectivity index (χ1v) is 7.76. The van der Waals surface area contributed by atoms with Gasteiger partial charge in [0.15, 0.2) is 0 Å². The molecule has 104 valence electrons. The second-order valence-corrected chi connectivity index (χ2v) is 6.38. The standard InChI is InChI=1S/C16H22ClNO/c1-11-7-13(9-12-3-2-6-18-10-12)16(15(17)8-11)19-14-4-5-14/h7-8,12,14,18H,2-6,9-10H2,1H3. The topological polar surface area (TPSA) is 21.3 Å². The van der Waals surface area contributed by atoms with Crippen molar-refractivity contribution in [2.45, 2.75) is 45.1 Å². The van der Waals surface area contributed by atoms with Crippen LogP contribution in [-0.4, -0.2) is 19.2 Å². The van der Waals surface area contributed by atoms with Crippen LogP contribution in [0.25, 0.3) is 0 Å². The lowest BCUT2D eigenvalue weighted by Gasteiger charge is -2.24. The zero-order valence-electron chi connectivity index (χ0n) is 11.5. The molecule has 1 aliphatic heterocycles. The largest absolute Gasteiger partial charge is 0.489 e. The first kappa shape index (κ1) is 13.3. The molecule has 3 rings (SSSR count). The Hall–Kier alpha value is -0.730. The molecular formula is C16H22ClNO. The van der Waals surface area contributed by atoms with Crippen LogP contribution in [0.5, 0.6) is 5.75 Å². The van der Waals surface area contributed by atoms with E-state index in [0.717, 1.165) is 30.3 Å². The third-order valence-electron chi connectivity index (χ3n) is 3.98. The van der Waals surface area contributed by atoms with Crippen LogP contribution in [0.4, 0.5) is 0 Å². The van der Waals surface area contributed by atoms with E-state index in [2.05, 4.69) is 18.3 Å². The van der Waals surface area contributed by atoms with Crippen LogP contribution in [0.1, 0.15) is 36.8 Å². The Morgan fingerprint density at radius 2 is 2.16 bits per heavy atom. The zero-order valence-corrected chi connectivity index (χ0v) is 12.3. The van der Waals surface area contributed by atoms with Crippen LogP contribution in [0.2, 0.25) is 5.02 Å². The highest BCUT2D eigenvalue weighted by Crippen LogP contribution is 2.37. The fourth-order valence-electron chi connectivity index (χ4n) is 2.85. The van der Waals surface area contributed by atoms with Crippen molar-refractivity contribution in [1.29, 1.82) is 0 Å². The maximum atomic E-state index is 6.38. The van der Waals surface area contributed by atoms with E-state index in [0.29, 0.717) is 12.0 Å². The molecule has 2 nitrogen and oxygen atoms in total. The number of benzene rings is 1. The summed E-state index contributed by atoms with van der Waals surface area (Å²) in [6.07, 6.45) is 6.42. The van der Waals surface area contributed by atoms with Crippen molar-refractivity contribution in [3.05, 3.63) is 28.3 Å². The van der Waals surface area contributed by atoms with Gasteiger partial charge in [0.25, 0.3) is 0 Å². The van der Waals surface area contributed by atoms with Crippen LogP contribution in [0.15, 0.2) is 12.1 Å². The predicted molar refractivity (Wildman–Crippen MR) is 79.1 cm³/mol. The Balaban J connectivity index is 1.80. The highest BCUT2D eigenvalue weighted by molar-refractivity contribution is 6.32. The van der Waals surface area contributed by atoms with Gasteiger partial charge >= 0.3 is 0 Å². The van der Waals surface area contributed by atoms with Crippen LogP contribution < -0.4 is 10.1 Å². The average Bonchev–Trinajstić information content (AvgIpc) is 3.19. The minimum Gasteiger partial charge on any atom is -0.489 e. The van der Waals surface area contributed by atoms with E-state index in [4.69, 9.17) is 16.3 Å². The molecule has 3 heteroatoms. The van der Waals surface area contributed by atoms with E-state index >= 15 is 0 Å². The number of ether oxygens (including phenoxy) is 1. The summed E-state index contributed by atoms with van der Waals surface area (Å²) in [6.45, 7) is 4.39. The van der Waals surface area contributed by atoms with Crippen molar-refractivity contribution in [2.24, 2.45) is 5.92 Å². The summed E-state index contributed by atoms with van der Waals surface area (Å²) < 4.78 is 6.03. The Labute approximate surface area is 120 Å². The fourth-order valence-corrected chi connectivity index (χ4v) is 3.18. The van der Waals surface area contributed by atoms with E-state index in [1.807, 2.05) is 6.07 Å². The summed E-state index contributed by atoms with van der Waals surface area (Å²) in [5.41, 5.74) is 2.53. The smallest absolute Gasteiger partial charge is 0.141 e. The average molecular weight is 280 g/mol. The molecule has 2 fully saturated rings. The van der Waals surface area contributed by atoms with Crippen molar-refractivity contribution >= 4 is 11.6 Å². The quantitative estimate of drug-likeness (QED) is 0.907. The molecule has 0 amide bonds. The van der Waals surface area contributed by atoms with Gasteiger partial charge in [0.2, 0.25) is 0 Å². The van der Waals surface area contributed by atoms with E-state index in [-0.39, 0.29) is 0 Å². The van der Waals surface area contributed by atoms with E-state index in [1.165, 1.54) is 36.8 Å². The molecule has 1 atom stereocenters. The van der Waals surface area contributed by atoms with Gasteiger partial charge in [0, 0.05) is 0 Å². The molecule has 1 saturated carbocycles. The highest BCUT2D eigenvalue weighted by atomic mass is 35.5. The maximum absolute atomic E-state index is 6.38. The molecule has 1 N–H and O–H groups in total. The van der Waals surface area contributed by atoms with E-state index in [9.17, 15) is 0 Å². The van der Waals surface area contributed by atoms with Crippen molar-refractivity contribution in [3.8, 4) is 5.75 Å². The fraction of sp³-hybridized carbons (Fsp3) is 0.625. The van der Waals surface area contributed by atoms with Crippen LogP contribution in [0.3, 0.4) is 0 Å². The molecule has 1 unspecified atom stereocenters. The van der Waals surface area contributed by atoms with Gasteiger partial charge in [-0.15, -0.1) is 0 Å². The van der Waals surface area contributed by atoms with Crippen molar-refractivity contribution in [2.75, 3.05) is 13.1 Å². The first-order chi connectivity index (χ1) is 9.22. The molecule has 0 bridgehead atoms. The van der Waals surface area contributed by atoms with Gasteiger partial charge in [-0.05, 0) is 75.2 Å². The van der Waals surface area contributed by atoms with Crippen molar-refractivity contribution in [1.82, 2.24) is 5.32 Å². The van der Waals surface area contributed by atoms with Crippen molar-refractivity contribution in [3.63, 3.8) is 0 Å². The molecule has 1 saturated heterocycles. The lowest BCUT2D eigenvalue weighted by Crippen LogP contribution is -2.31. The summed E-state index contributed by atoms with van der Waals surface area (Å²) in [4.78, 5) is 0. The van der Waals surface area contributed by atoms with Gasteiger partial charge in [-0.25, -0.2) is 0 Å². The number of hydrogen-bond donors (Lipinski definition) is 1. The molecule has 1 aliphatic carbocycles. The Bertz CT molecular complexity index is 450. The molecule has 2 aliphatic rings. The molecule has 0 radical (unpaired) electrons. The minimum atomic E-state index is 0.406. The number of rotatable bonds is 4. The molecule has 0 aromatic heterocycles. The lowest BCUT2D eigenvalue weighted by atomic mass is 9.91. The van der Waals surface area contributed by atoms with Crippen molar-refractivity contribution < 1.29 is 4.74 Å². The maximum Gasteiger partial charge on any atom is 0.141 e. The monoisotopic (exact) mass is 279 g/mol. The Morgan fingerprint density at radius 3 is 2.84 bits per heavy atom. The zero-order chi connectivity index (χ0) is 13.2. The number of halogens is 1. The van der Waals surface area contributed by atoms with Gasteiger partial charge < -0.3 is 10.1 Å². The summed E-state index contributed by atoms with van der Waals surface area (Å²) in [6, 6.07) is 4.26.